The topological polar surface area (TPSA) is 89.9 Å². The highest BCUT2D eigenvalue weighted by atomic mass is 16.6. The summed E-state index contributed by atoms with van der Waals surface area (Å²) in [5, 5.41) is 11.6. The predicted octanol–water partition coefficient (Wildman–Crippen LogP) is 2.53. The third-order valence-corrected chi connectivity index (χ3v) is 5.25. The van der Waals surface area contributed by atoms with E-state index in [9.17, 15) is 0 Å². The molecule has 2 aromatic heterocycles. The molecule has 1 N–H and O–H groups in total. The van der Waals surface area contributed by atoms with Crippen molar-refractivity contribution in [3.05, 3.63) is 60.1 Å². The number of hydrogen-bond donors (Lipinski definition) is 1. The molecule has 9 heteroatoms. The van der Waals surface area contributed by atoms with Crippen LogP contribution in [-0.4, -0.2) is 59.0 Å². The molecule has 170 valence electrons. The van der Waals surface area contributed by atoms with E-state index in [1.165, 1.54) is 5.56 Å². The van der Waals surface area contributed by atoms with E-state index in [4.69, 9.17) is 18.9 Å². The van der Waals surface area contributed by atoms with Gasteiger partial charge in [-0.05, 0) is 36.2 Å². The van der Waals surface area contributed by atoms with E-state index >= 15 is 0 Å². The maximum Gasteiger partial charge on any atom is 0.194 e. The Morgan fingerprint density at radius 2 is 2.09 bits per heavy atom. The van der Waals surface area contributed by atoms with Gasteiger partial charge in [-0.1, -0.05) is 13.0 Å². The summed E-state index contributed by atoms with van der Waals surface area (Å²) in [5.41, 5.74) is 1.17. The fourth-order valence-corrected chi connectivity index (χ4v) is 3.58. The number of benzene rings is 1. The van der Waals surface area contributed by atoms with Gasteiger partial charge in [0.25, 0.3) is 0 Å². The van der Waals surface area contributed by atoms with Crippen molar-refractivity contribution in [1.82, 2.24) is 25.0 Å². The fraction of sp³-hybridized carbons (Fsp3) is 0.435. The first-order valence-corrected chi connectivity index (χ1v) is 11.0. The van der Waals surface area contributed by atoms with Gasteiger partial charge < -0.3 is 28.7 Å². The van der Waals surface area contributed by atoms with Crippen molar-refractivity contribution in [3.63, 3.8) is 0 Å². The molecule has 0 unspecified atom stereocenters. The molecule has 3 heterocycles. The number of aliphatic imine (C=N–C) groups is 1. The SMILES string of the molecule is CCc1nncn1CCNC(=NCCc1ccc2c(c1)OCCO2)N(C)Cc1ccco1. The van der Waals surface area contributed by atoms with Gasteiger partial charge in [-0.25, -0.2) is 0 Å². The quantitative estimate of drug-likeness (QED) is 0.406. The van der Waals surface area contributed by atoms with E-state index in [-0.39, 0.29) is 0 Å². The van der Waals surface area contributed by atoms with Crippen molar-refractivity contribution in [3.8, 4) is 11.5 Å². The highest BCUT2D eigenvalue weighted by Gasteiger charge is 2.12. The smallest absolute Gasteiger partial charge is 0.194 e. The highest BCUT2D eigenvalue weighted by Crippen LogP contribution is 2.30. The number of aryl methyl sites for hydroxylation is 1. The Bertz CT molecular complexity index is 1010. The Hall–Kier alpha value is -3.49. The summed E-state index contributed by atoms with van der Waals surface area (Å²) in [6.45, 7) is 6.04. The Morgan fingerprint density at radius 1 is 1.22 bits per heavy atom. The first kappa shape index (κ1) is 21.7. The van der Waals surface area contributed by atoms with Crippen LogP contribution in [0.5, 0.6) is 11.5 Å². The number of nitrogens with zero attached hydrogens (tertiary/aromatic N) is 5. The molecule has 0 aliphatic carbocycles. The van der Waals surface area contributed by atoms with E-state index in [1.807, 2.05) is 31.3 Å². The normalized spacial score (nSPS) is 13.2. The molecule has 1 aliphatic heterocycles. The van der Waals surface area contributed by atoms with Crippen molar-refractivity contribution < 1.29 is 13.9 Å². The third kappa shape index (κ3) is 5.60. The monoisotopic (exact) mass is 438 g/mol. The van der Waals surface area contributed by atoms with Crippen LogP contribution in [0.3, 0.4) is 0 Å². The van der Waals surface area contributed by atoms with Crippen molar-refractivity contribution in [2.24, 2.45) is 4.99 Å². The van der Waals surface area contributed by atoms with Crippen LogP contribution >= 0.6 is 0 Å². The van der Waals surface area contributed by atoms with Gasteiger partial charge in [-0.15, -0.1) is 10.2 Å². The second kappa shape index (κ2) is 10.7. The molecule has 0 fully saturated rings. The van der Waals surface area contributed by atoms with Gasteiger partial charge in [0.1, 0.15) is 31.1 Å². The van der Waals surface area contributed by atoms with Crippen LogP contribution in [0, 0.1) is 0 Å². The lowest BCUT2D eigenvalue weighted by Gasteiger charge is -2.22. The van der Waals surface area contributed by atoms with Crippen molar-refractivity contribution in [2.45, 2.75) is 32.9 Å². The lowest BCUT2D eigenvalue weighted by Crippen LogP contribution is -2.40. The summed E-state index contributed by atoms with van der Waals surface area (Å²) in [5.74, 6) is 4.31. The van der Waals surface area contributed by atoms with E-state index in [2.05, 4.69) is 38.0 Å². The second-order valence-electron chi connectivity index (χ2n) is 7.59. The lowest BCUT2D eigenvalue weighted by molar-refractivity contribution is 0.171. The first-order valence-electron chi connectivity index (χ1n) is 11.0. The maximum atomic E-state index is 5.69. The summed E-state index contributed by atoms with van der Waals surface area (Å²) >= 11 is 0. The number of rotatable bonds is 9. The molecular weight excluding hydrogens is 408 g/mol. The first-order chi connectivity index (χ1) is 15.7. The van der Waals surface area contributed by atoms with Crippen LogP contribution in [0.4, 0.5) is 0 Å². The zero-order valence-electron chi connectivity index (χ0n) is 18.7. The van der Waals surface area contributed by atoms with Gasteiger partial charge in [0.2, 0.25) is 0 Å². The molecule has 0 saturated heterocycles. The molecule has 3 aromatic rings. The lowest BCUT2D eigenvalue weighted by atomic mass is 10.1. The second-order valence-corrected chi connectivity index (χ2v) is 7.59. The van der Waals surface area contributed by atoms with E-state index in [0.29, 0.717) is 26.3 Å². The average molecular weight is 439 g/mol. The number of aromatic nitrogens is 3. The summed E-state index contributed by atoms with van der Waals surface area (Å²) in [7, 11) is 2.01. The molecule has 1 aliphatic rings. The van der Waals surface area contributed by atoms with Crippen LogP contribution in [-0.2, 0) is 25.9 Å². The molecule has 0 amide bonds. The Morgan fingerprint density at radius 3 is 2.91 bits per heavy atom. The van der Waals surface area contributed by atoms with Crippen LogP contribution in [0.25, 0.3) is 0 Å². The number of fused-ring (bicyclic) bond motifs is 1. The molecule has 9 nitrogen and oxygen atoms in total. The van der Waals surface area contributed by atoms with Crippen LogP contribution < -0.4 is 14.8 Å². The Labute approximate surface area is 188 Å². The number of hydrogen-bond acceptors (Lipinski definition) is 6. The Balaban J connectivity index is 1.38. The molecule has 32 heavy (non-hydrogen) atoms. The van der Waals surface area contributed by atoms with Crippen molar-refractivity contribution in [2.75, 3.05) is 33.4 Å². The van der Waals surface area contributed by atoms with Gasteiger partial charge in [0, 0.05) is 33.1 Å². The number of ether oxygens (including phenoxy) is 2. The molecular formula is C23H30N6O3. The van der Waals surface area contributed by atoms with E-state index in [1.54, 1.807) is 12.6 Å². The number of furan rings is 1. The molecule has 0 saturated carbocycles. The molecule has 4 rings (SSSR count). The molecule has 0 spiro atoms. The van der Waals surface area contributed by atoms with Gasteiger partial charge in [-0.3, -0.25) is 4.99 Å². The van der Waals surface area contributed by atoms with Gasteiger partial charge >= 0.3 is 0 Å². The zero-order valence-corrected chi connectivity index (χ0v) is 18.7. The molecule has 0 atom stereocenters. The molecule has 1 aromatic carbocycles. The minimum atomic E-state index is 0.590. The van der Waals surface area contributed by atoms with E-state index in [0.717, 1.165) is 55.0 Å². The van der Waals surface area contributed by atoms with Gasteiger partial charge in [0.05, 0.1) is 12.8 Å². The molecule has 0 bridgehead atoms. The minimum Gasteiger partial charge on any atom is -0.486 e. The highest BCUT2D eigenvalue weighted by molar-refractivity contribution is 5.79. The minimum absolute atomic E-state index is 0.590. The molecule has 0 radical (unpaired) electrons. The third-order valence-electron chi connectivity index (χ3n) is 5.25. The number of nitrogens with one attached hydrogen (secondary N) is 1. The van der Waals surface area contributed by atoms with Crippen LogP contribution in [0.2, 0.25) is 0 Å². The van der Waals surface area contributed by atoms with Crippen molar-refractivity contribution >= 4 is 5.96 Å². The van der Waals surface area contributed by atoms with Crippen molar-refractivity contribution in [1.29, 1.82) is 0 Å². The van der Waals surface area contributed by atoms with Gasteiger partial charge in [-0.2, -0.15) is 0 Å². The summed E-state index contributed by atoms with van der Waals surface area (Å²) in [6, 6.07) is 9.95. The largest absolute Gasteiger partial charge is 0.486 e. The number of guanidine groups is 1. The van der Waals surface area contributed by atoms with Gasteiger partial charge in [0.15, 0.2) is 17.5 Å². The fourth-order valence-electron chi connectivity index (χ4n) is 3.58. The zero-order chi connectivity index (χ0) is 22.2. The standard InChI is InChI=1S/C23H30N6O3/c1-3-22-27-26-17-29(22)11-10-25-23(28(2)16-19-5-4-12-30-19)24-9-8-18-6-7-20-21(15-18)32-14-13-31-20/h4-7,12,15,17H,3,8-11,13-14,16H2,1-2H3,(H,24,25). The average Bonchev–Trinajstić information content (AvgIpc) is 3.49. The Kier molecular flexibility index (Phi) is 7.27. The van der Waals surface area contributed by atoms with Crippen LogP contribution in [0.15, 0.2) is 52.3 Å². The predicted molar refractivity (Wildman–Crippen MR) is 121 cm³/mol. The summed E-state index contributed by atoms with van der Waals surface area (Å²) in [6.07, 6.45) is 5.12. The maximum absolute atomic E-state index is 5.69. The van der Waals surface area contributed by atoms with E-state index < -0.39 is 0 Å². The summed E-state index contributed by atoms with van der Waals surface area (Å²) < 4.78 is 18.9. The van der Waals surface area contributed by atoms with Crippen LogP contribution in [0.1, 0.15) is 24.1 Å². The summed E-state index contributed by atoms with van der Waals surface area (Å²) in [4.78, 5) is 6.92.